The van der Waals surface area contributed by atoms with Crippen molar-refractivity contribution in [2.45, 2.75) is 13.5 Å². The van der Waals surface area contributed by atoms with Crippen LogP contribution in [-0.2, 0) is 6.54 Å². The summed E-state index contributed by atoms with van der Waals surface area (Å²) in [7, 11) is 1.67. The van der Waals surface area contributed by atoms with Gasteiger partial charge in [-0.25, -0.2) is 9.48 Å². The van der Waals surface area contributed by atoms with Crippen LogP contribution in [0.5, 0.6) is 5.75 Å². The molecule has 2 heterocycles. The number of nitrogens with zero attached hydrogens (tertiary/aromatic N) is 4. The van der Waals surface area contributed by atoms with Gasteiger partial charge >= 0.3 is 6.03 Å². The molecule has 0 radical (unpaired) electrons. The van der Waals surface area contributed by atoms with Crippen molar-refractivity contribution in [2.24, 2.45) is 0 Å². The summed E-state index contributed by atoms with van der Waals surface area (Å²) in [5, 5.41) is 7.35. The van der Waals surface area contributed by atoms with Gasteiger partial charge in [0, 0.05) is 50.3 Å². The molecular formula is C23H27N5O2. The van der Waals surface area contributed by atoms with Crippen molar-refractivity contribution in [1.82, 2.24) is 19.6 Å². The number of carbonyl (C=O) groups excluding carboxylic acids is 1. The molecule has 0 spiro atoms. The van der Waals surface area contributed by atoms with Gasteiger partial charge < -0.3 is 15.0 Å². The number of urea groups is 1. The predicted octanol–water partition coefficient (Wildman–Crippen LogP) is 3.54. The molecule has 0 aliphatic carbocycles. The lowest BCUT2D eigenvalue weighted by atomic mass is 10.2. The minimum absolute atomic E-state index is 0.0616. The van der Waals surface area contributed by atoms with Crippen LogP contribution in [-0.4, -0.2) is 58.9 Å². The molecule has 0 unspecified atom stereocenters. The van der Waals surface area contributed by atoms with Gasteiger partial charge in [-0.3, -0.25) is 4.90 Å². The molecule has 0 saturated carbocycles. The Balaban J connectivity index is 1.31. The van der Waals surface area contributed by atoms with Crippen molar-refractivity contribution in [3.05, 3.63) is 72.1 Å². The summed E-state index contributed by atoms with van der Waals surface area (Å²) >= 11 is 0. The maximum absolute atomic E-state index is 12.7. The van der Waals surface area contributed by atoms with Crippen LogP contribution in [0.25, 0.3) is 5.69 Å². The number of anilines is 1. The molecule has 1 aliphatic rings. The fourth-order valence-electron chi connectivity index (χ4n) is 3.66. The van der Waals surface area contributed by atoms with E-state index in [1.54, 1.807) is 13.3 Å². The number of methoxy groups -OCH3 is 1. The van der Waals surface area contributed by atoms with Gasteiger partial charge in [0.25, 0.3) is 0 Å². The predicted molar refractivity (Wildman–Crippen MR) is 117 cm³/mol. The zero-order chi connectivity index (χ0) is 20.9. The van der Waals surface area contributed by atoms with E-state index in [0.717, 1.165) is 42.5 Å². The maximum Gasteiger partial charge on any atom is 0.321 e. The van der Waals surface area contributed by atoms with Gasteiger partial charge in [0.15, 0.2) is 0 Å². The Kier molecular flexibility index (Phi) is 5.99. The Morgan fingerprint density at radius 3 is 2.50 bits per heavy atom. The molecule has 0 bridgehead atoms. The van der Waals surface area contributed by atoms with Crippen LogP contribution in [0, 0.1) is 6.92 Å². The number of hydrogen-bond donors (Lipinski definition) is 1. The van der Waals surface area contributed by atoms with E-state index in [9.17, 15) is 4.79 Å². The van der Waals surface area contributed by atoms with Crippen LogP contribution in [0.1, 0.15) is 11.3 Å². The van der Waals surface area contributed by atoms with E-state index in [-0.39, 0.29) is 6.03 Å². The topological polar surface area (TPSA) is 62.6 Å². The summed E-state index contributed by atoms with van der Waals surface area (Å²) in [4.78, 5) is 17.0. The van der Waals surface area contributed by atoms with Crippen LogP contribution in [0.3, 0.4) is 0 Å². The first-order valence-electron chi connectivity index (χ1n) is 10.1. The first-order valence-corrected chi connectivity index (χ1v) is 10.1. The normalized spacial score (nSPS) is 14.5. The van der Waals surface area contributed by atoms with Gasteiger partial charge in [-0.05, 0) is 48.9 Å². The molecule has 1 N–H and O–H groups in total. The summed E-state index contributed by atoms with van der Waals surface area (Å²) in [5.41, 5.74) is 4.00. The highest BCUT2D eigenvalue weighted by atomic mass is 16.5. The lowest BCUT2D eigenvalue weighted by Crippen LogP contribution is -2.49. The van der Waals surface area contributed by atoms with Crippen molar-refractivity contribution in [2.75, 3.05) is 38.6 Å². The van der Waals surface area contributed by atoms with Gasteiger partial charge in [0.05, 0.1) is 12.8 Å². The average Bonchev–Trinajstić information content (AvgIpc) is 3.21. The van der Waals surface area contributed by atoms with Crippen molar-refractivity contribution in [1.29, 1.82) is 0 Å². The highest BCUT2D eigenvalue weighted by Crippen LogP contribution is 2.17. The highest BCUT2D eigenvalue weighted by molar-refractivity contribution is 5.89. The third kappa shape index (κ3) is 4.63. The number of aryl methyl sites for hydroxylation is 1. The second-order valence-corrected chi connectivity index (χ2v) is 7.48. The lowest BCUT2D eigenvalue weighted by molar-refractivity contribution is 0.143. The second kappa shape index (κ2) is 9.00. The van der Waals surface area contributed by atoms with E-state index < -0.39 is 0 Å². The van der Waals surface area contributed by atoms with Crippen LogP contribution in [0.4, 0.5) is 10.5 Å². The Hall–Kier alpha value is -3.32. The van der Waals surface area contributed by atoms with Crippen LogP contribution in [0.2, 0.25) is 0 Å². The number of ether oxygens (including phenoxy) is 1. The van der Waals surface area contributed by atoms with Crippen molar-refractivity contribution in [3.63, 3.8) is 0 Å². The third-order valence-corrected chi connectivity index (χ3v) is 5.40. The molecular weight excluding hydrogens is 378 g/mol. The molecule has 156 valence electrons. The van der Waals surface area contributed by atoms with Gasteiger partial charge in [0.1, 0.15) is 5.75 Å². The first kappa shape index (κ1) is 20.0. The Morgan fingerprint density at radius 2 is 1.83 bits per heavy atom. The molecule has 7 nitrogen and oxygen atoms in total. The summed E-state index contributed by atoms with van der Waals surface area (Å²) in [5.74, 6) is 0.868. The molecule has 4 rings (SSSR count). The van der Waals surface area contributed by atoms with E-state index in [0.29, 0.717) is 13.1 Å². The molecule has 7 heteroatoms. The number of rotatable bonds is 5. The second-order valence-electron chi connectivity index (χ2n) is 7.48. The molecule has 1 fully saturated rings. The molecule has 1 aromatic heterocycles. The van der Waals surface area contributed by atoms with Gasteiger partial charge in [0.2, 0.25) is 0 Å². The van der Waals surface area contributed by atoms with Crippen LogP contribution < -0.4 is 10.1 Å². The number of aromatic nitrogens is 2. The van der Waals surface area contributed by atoms with E-state index in [1.165, 1.54) is 5.56 Å². The van der Waals surface area contributed by atoms with Crippen molar-refractivity contribution < 1.29 is 9.53 Å². The largest absolute Gasteiger partial charge is 0.497 e. The summed E-state index contributed by atoms with van der Waals surface area (Å²) in [6.07, 6.45) is 1.77. The maximum atomic E-state index is 12.7. The Bertz CT molecular complexity index is 991. The highest BCUT2D eigenvalue weighted by Gasteiger charge is 2.21. The monoisotopic (exact) mass is 405 g/mol. The van der Waals surface area contributed by atoms with E-state index in [1.807, 2.05) is 59.0 Å². The molecule has 3 aromatic rings. The van der Waals surface area contributed by atoms with Gasteiger partial charge in [-0.15, -0.1) is 0 Å². The zero-order valence-corrected chi connectivity index (χ0v) is 17.4. The van der Waals surface area contributed by atoms with Crippen molar-refractivity contribution >= 4 is 11.7 Å². The molecule has 30 heavy (non-hydrogen) atoms. The molecule has 1 saturated heterocycles. The fourth-order valence-corrected chi connectivity index (χ4v) is 3.66. The van der Waals surface area contributed by atoms with Gasteiger partial charge in [-0.2, -0.15) is 5.10 Å². The molecule has 1 aliphatic heterocycles. The van der Waals surface area contributed by atoms with Gasteiger partial charge in [-0.1, -0.05) is 18.2 Å². The zero-order valence-electron chi connectivity index (χ0n) is 17.4. The van der Waals surface area contributed by atoms with Crippen molar-refractivity contribution in [3.8, 4) is 11.4 Å². The Morgan fingerprint density at radius 1 is 1.07 bits per heavy atom. The number of carbonyl (C=O) groups is 1. The van der Waals surface area contributed by atoms with Crippen LogP contribution >= 0.6 is 0 Å². The molecule has 2 aromatic carbocycles. The summed E-state index contributed by atoms with van der Waals surface area (Å²) < 4.78 is 7.07. The van der Waals surface area contributed by atoms with E-state index in [2.05, 4.69) is 27.4 Å². The minimum Gasteiger partial charge on any atom is -0.497 e. The number of amides is 2. The fraction of sp³-hybridized carbons (Fsp3) is 0.304. The lowest BCUT2D eigenvalue weighted by Gasteiger charge is -2.34. The molecule has 2 amide bonds. The minimum atomic E-state index is -0.0616. The van der Waals surface area contributed by atoms with E-state index >= 15 is 0 Å². The number of hydrogen-bond acceptors (Lipinski definition) is 4. The number of nitrogens with one attached hydrogen (secondary N) is 1. The SMILES string of the molecule is COc1ccc(CN2CCN(C(=O)Nc3cccc(-n4nccc4C)c3)CC2)cc1. The Labute approximate surface area is 176 Å². The summed E-state index contributed by atoms with van der Waals surface area (Å²) in [6.45, 7) is 6.01. The standard InChI is InChI=1S/C23H27N5O2/c1-18-10-11-24-28(18)21-5-3-4-20(16-21)25-23(29)27-14-12-26(13-15-27)17-19-6-8-22(30-2)9-7-19/h3-11,16H,12-15,17H2,1-2H3,(H,25,29). The first-order chi connectivity index (χ1) is 14.6. The third-order valence-electron chi connectivity index (χ3n) is 5.40. The number of piperazine rings is 1. The average molecular weight is 406 g/mol. The summed E-state index contributed by atoms with van der Waals surface area (Å²) in [6, 6.07) is 17.8. The van der Waals surface area contributed by atoms with Crippen LogP contribution in [0.15, 0.2) is 60.8 Å². The number of benzene rings is 2. The molecule has 0 atom stereocenters. The quantitative estimate of drug-likeness (QED) is 0.705. The smallest absolute Gasteiger partial charge is 0.321 e. The van der Waals surface area contributed by atoms with E-state index in [4.69, 9.17) is 4.74 Å².